The molecular weight excluding hydrogens is 235 g/mol. The Kier molecular flexibility index (Phi) is 3.27. The van der Waals surface area contributed by atoms with Gasteiger partial charge in [0.05, 0.1) is 17.8 Å². The molecule has 0 radical (unpaired) electrons. The van der Waals surface area contributed by atoms with Crippen LogP contribution in [0.1, 0.15) is 16.8 Å². The zero-order valence-electron chi connectivity index (χ0n) is 9.84. The van der Waals surface area contributed by atoms with Gasteiger partial charge in [0, 0.05) is 11.8 Å². The molecule has 1 heterocycles. The molecule has 0 aliphatic carbocycles. The van der Waals surface area contributed by atoms with E-state index in [2.05, 4.69) is 10.3 Å². The van der Waals surface area contributed by atoms with Crippen LogP contribution in [-0.4, -0.2) is 20.8 Å². The van der Waals surface area contributed by atoms with Crippen molar-refractivity contribution in [2.45, 2.75) is 13.5 Å². The minimum atomic E-state index is -0.499. The van der Waals surface area contributed by atoms with E-state index >= 15 is 0 Å². The summed E-state index contributed by atoms with van der Waals surface area (Å²) in [5, 5.41) is 15.6. The topological polar surface area (TPSA) is 76.4 Å². The zero-order valence-corrected chi connectivity index (χ0v) is 9.84. The Balaban J connectivity index is 2.34. The van der Waals surface area contributed by atoms with E-state index in [0.717, 1.165) is 5.69 Å². The van der Waals surface area contributed by atoms with E-state index in [1.807, 2.05) is 13.0 Å². The molecule has 0 aliphatic heterocycles. The summed E-state index contributed by atoms with van der Waals surface area (Å²) < 4.78 is 15.7. The van der Waals surface area contributed by atoms with Crippen LogP contribution in [0.5, 0.6) is 0 Å². The third-order valence-electron chi connectivity index (χ3n) is 2.57. The molecule has 3 N–H and O–H groups in total. The van der Waals surface area contributed by atoms with E-state index in [4.69, 9.17) is 10.9 Å². The lowest BCUT2D eigenvalue weighted by atomic mass is 10.1. The highest BCUT2D eigenvalue weighted by Gasteiger charge is 2.11. The molecule has 0 fully saturated rings. The maximum absolute atomic E-state index is 14.1. The van der Waals surface area contributed by atoms with Gasteiger partial charge in [0.2, 0.25) is 0 Å². The van der Waals surface area contributed by atoms with E-state index in [-0.39, 0.29) is 11.4 Å². The normalized spacial score (nSPS) is 11.8. The zero-order chi connectivity index (χ0) is 13.1. The Morgan fingerprint density at radius 2 is 2.28 bits per heavy atom. The van der Waals surface area contributed by atoms with Crippen molar-refractivity contribution in [2.24, 2.45) is 10.9 Å². The maximum Gasteiger partial charge on any atom is 0.173 e. The fraction of sp³-hybridized carbons (Fsp3) is 0.167. The Hall–Kier alpha value is -2.37. The minimum absolute atomic E-state index is 0.0823. The largest absolute Gasteiger partial charge is 0.409 e. The third kappa shape index (κ3) is 2.32. The van der Waals surface area contributed by atoms with Crippen LogP contribution in [0.2, 0.25) is 0 Å². The Labute approximate surface area is 103 Å². The van der Waals surface area contributed by atoms with Crippen molar-refractivity contribution in [3.8, 4) is 0 Å². The SMILES string of the molecule is Cc1ccn(Cc2cccc(/C(N)=N/O)c2F)n1. The highest BCUT2D eigenvalue weighted by molar-refractivity contribution is 5.97. The van der Waals surface area contributed by atoms with Gasteiger partial charge in [-0.25, -0.2) is 4.39 Å². The van der Waals surface area contributed by atoms with Gasteiger partial charge in [-0.3, -0.25) is 4.68 Å². The van der Waals surface area contributed by atoms with Crippen molar-refractivity contribution >= 4 is 5.84 Å². The quantitative estimate of drug-likeness (QED) is 0.374. The molecular formula is C12H13FN4O. The molecule has 1 aromatic heterocycles. The highest BCUT2D eigenvalue weighted by atomic mass is 19.1. The van der Waals surface area contributed by atoms with Crippen LogP contribution in [-0.2, 0) is 6.54 Å². The molecule has 0 amide bonds. The van der Waals surface area contributed by atoms with Gasteiger partial charge in [-0.05, 0) is 19.1 Å². The summed E-state index contributed by atoms with van der Waals surface area (Å²) in [5.41, 5.74) is 6.78. The summed E-state index contributed by atoms with van der Waals surface area (Å²) >= 11 is 0. The molecule has 0 saturated carbocycles. The first-order valence-corrected chi connectivity index (χ1v) is 5.37. The second-order valence-corrected chi connectivity index (χ2v) is 3.92. The van der Waals surface area contributed by atoms with Gasteiger partial charge in [0.25, 0.3) is 0 Å². The van der Waals surface area contributed by atoms with Crippen molar-refractivity contribution in [1.29, 1.82) is 0 Å². The van der Waals surface area contributed by atoms with Crippen LogP contribution >= 0.6 is 0 Å². The maximum atomic E-state index is 14.1. The monoisotopic (exact) mass is 248 g/mol. The molecule has 2 rings (SSSR count). The summed E-state index contributed by atoms with van der Waals surface area (Å²) in [5.74, 6) is -0.744. The molecule has 0 aliphatic rings. The first-order chi connectivity index (χ1) is 8.61. The van der Waals surface area contributed by atoms with Crippen molar-refractivity contribution in [2.75, 3.05) is 0 Å². The predicted molar refractivity (Wildman–Crippen MR) is 65.0 cm³/mol. The summed E-state index contributed by atoms with van der Waals surface area (Å²) in [6.45, 7) is 2.16. The van der Waals surface area contributed by atoms with Crippen LogP contribution in [0.15, 0.2) is 35.6 Å². The lowest BCUT2D eigenvalue weighted by molar-refractivity contribution is 0.318. The van der Waals surface area contributed by atoms with Crippen LogP contribution in [0, 0.1) is 12.7 Å². The molecule has 0 saturated heterocycles. The van der Waals surface area contributed by atoms with Gasteiger partial charge < -0.3 is 10.9 Å². The number of halogens is 1. The number of amidine groups is 1. The molecule has 6 heteroatoms. The van der Waals surface area contributed by atoms with Gasteiger partial charge in [-0.1, -0.05) is 17.3 Å². The van der Waals surface area contributed by atoms with Crippen LogP contribution < -0.4 is 5.73 Å². The first-order valence-electron chi connectivity index (χ1n) is 5.37. The molecule has 1 aromatic carbocycles. The van der Waals surface area contributed by atoms with E-state index in [1.165, 1.54) is 6.07 Å². The molecule has 94 valence electrons. The van der Waals surface area contributed by atoms with Gasteiger partial charge in [0.1, 0.15) is 5.82 Å². The summed E-state index contributed by atoms with van der Waals surface area (Å²) in [4.78, 5) is 0. The predicted octanol–water partition coefficient (Wildman–Crippen LogP) is 1.47. The molecule has 2 aromatic rings. The average Bonchev–Trinajstić information content (AvgIpc) is 2.76. The lowest BCUT2D eigenvalue weighted by Crippen LogP contribution is -2.16. The highest BCUT2D eigenvalue weighted by Crippen LogP contribution is 2.14. The fourth-order valence-corrected chi connectivity index (χ4v) is 1.68. The van der Waals surface area contributed by atoms with Gasteiger partial charge in [-0.15, -0.1) is 0 Å². The Bertz CT molecular complexity index is 592. The van der Waals surface area contributed by atoms with Crippen molar-refractivity contribution < 1.29 is 9.60 Å². The molecule has 0 bridgehead atoms. The third-order valence-corrected chi connectivity index (χ3v) is 2.57. The number of hydrogen-bond acceptors (Lipinski definition) is 3. The number of benzene rings is 1. The van der Waals surface area contributed by atoms with Gasteiger partial charge >= 0.3 is 0 Å². The van der Waals surface area contributed by atoms with E-state index < -0.39 is 5.82 Å². The summed E-state index contributed by atoms with van der Waals surface area (Å²) in [7, 11) is 0. The number of rotatable bonds is 3. The van der Waals surface area contributed by atoms with Gasteiger partial charge in [-0.2, -0.15) is 5.10 Å². The molecule has 0 spiro atoms. The van der Waals surface area contributed by atoms with Crippen molar-refractivity contribution in [3.63, 3.8) is 0 Å². The second-order valence-electron chi connectivity index (χ2n) is 3.92. The Morgan fingerprint density at radius 1 is 1.50 bits per heavy atom. The number of nitrogens with two attached hydrogens (primary N) is 1. The van der Waals surface area contributed by atoms with Crippen LogP contribution in [0.3, 0.4) is 0 Å². The van der Waals surface area contributed by atoms with Crippen molar-refractivity contribution in [3.05, 3.63) is 53.1 Å². The van der Waals surface area contributed by atoms with E-state index in [9.17, 15) is 4.39 Å². The number of aromatic nitrogens is 2. The summed E-state index contributed by atoms with van der Waals surface area (Å²) in [6.07, 6.45) is 1.77. The Morgan fingerprint density at radius 3 is 2.89 bits per heavy atom. The second kappa shape index (κ2) is 4.87. The fourth-order valence-electron chi connectivity index (χ4n) is 1.68. The minimum Gasteiger partial charge on any atom is -0.409 e. The van der Waals surface area contributed by atoms with Crippen LogP contribution in [0.25, 0.3) is 0 Å². The standard InChI is InChI=1S/C12H13FN4O/c1-8-5-6-17(15-8)7-9-3-2-4-10(11(9)13)12(14)16-18/h2-6,18H,7H2,1H3,(H2,14,16). The number of nitrogens with zero attached hydrogens (tertiary/aromatic N) is 3. The van der Waals surface area contributed by atoms with E-state index in [0.29, 0.717) is 12.1 Å². The molecule has 5 nitrogen and oxygen atoms in total. The van der Waals surface area contributed by atoms with Crippen molar-refractivity contribution in [1.82, 2.24) is 9.78 Å². The average molecular weight is 248 g/mol. The molecule has 0 unspecified atom stereocenters. The van der Waals surface area contributed by atoms with Crippen LogP contribution in [0.4, 0.5) is 4.39 Å². The molecule has 0 atom stereocenters. The van der Waals surface area contributed by atoms with E-state index in [1.54, 1.807) is 23.0 Å². The number of oxime groups is 1. The lowest BCUT2D eigenvalue weighted by Gasteiger charge is -2.07. The molecule has 18 heavy (non-hydrogen) atoms. The summed E-state index contributed by atoms with van der Waals surface area (Å²) in [6, 6.07) is 6.59. The first kappa shape index (κ1) is 12.1. The number of hydrogen-bond donors (Lipinski definition) is 2. The smallest absolute Gasteiger partial charge is 0.173 e. The number of aryl methyl sites for hydroxylation is 1. The van der Waals surface area contributed by atoms with Gasteiger partial charge in [0.15, 0.2) is 5.84 Å².